The molecule has 3 nitrogen and oxygen atoms in total. The first-order valence-electron chi connectivity index (χ1n) is 6.54. The molecule has 5 heteroatoms. The van der Waals surface area contributed by atoms with E-state index in [0.717, 1.165) is 5.56 Å². The summed E-state index contributed by atoms with van der Waals surface area (Å²) < 4.78 is 25.7. The number of halogens is 2. The molecule has 2 aromatic carbocycles. The predicted molar refractivity (Wildman–Crippen MR) is 76.5 cm³/mol. The van der Waals surface area contributed by atoms with Gasteiger partial charge in [0.2, 0.25) is 0 Å². The fraction of sp³-hybridized carbons (Fsp3) is 0.250. The van der Waals surface area contributed by atoms with Crippen molar-refractivity contribution in [1.82, 2.24) is 0 Å². The van der Waals surface area contributed by atoms with Crippen LogP contribution in [0.2, 0.25) is 0 Å². The molecule has 0 bridgehead atoms. The lowest BCUT2D eigenvalue weighted by Crippen LogP contribution is -2.29. The Hall–Kier alpha value is -2.14. The zero-order chi connectivity index (χ0) is 15.3. The fourth-order valence-corrected chi connectivity index (χ4v) is 1.85. The van der Waals surface area contributed by atoms with Crippen molar-refractivity contribution in [3.8, 4) is 0 Å². The number of aliphatic hydroxyl groups excluding tert-OH is 1. The van der Waals surface area contributed by atoms with Gasteiger partial charge in [0.1, 0.15) is 17.2 Å². The molecule has 0 aromatic heterocycles. The largest absolute Gasteiger partial charge is 0.394 e. The summed E-state index contributed by atoms with van der Waals surface area (Å²) in [5.74, 6) is -0.650. The van der Waals surface area contributed by atoms with Crippen LogP contribution in [0.1, 0.15) is 12.5 Å². The molecule has 0 saturated carbocycles. The van der Waals surface area contributed by atoms with Gasteiger partial charge in [-0.05, 0) is 48.9 Å². The zero-order valence-electron chi connectivity index (χ0n) is 11.6. The van der Waals surface area contributed by atoms with E-state index in [1.165, 1.54) is 36.4 Å². The predicted octanol–water partition coefficient (Wildman–Crippen LogP) is 4.04. The van der Waals surface area contributed by atoms with E-state index in [-0.39, 0.29) is 18.2 Å². The SMILES string of the molecule is C[C@](CO)(Cc1ccc(F)cc1)N=Nc1ccc(F)cc1. The second-order valence-corrected chi connectivity index (χ2v) is 5.13. The van der Waals surface area contributed by atoms with Crippen LogP contribution in [0, 0.1) is 11.6 Å². The van der Waals surface area contributed by atoms with Gasteiger partial charge in [-0.3, -0.25) is 0 Å². The van der Waals surface area contributed by atoms with Crippen molar-refractivity contribution in [3.05, 3.63) is 65.7 Å². The van der Waals surface area contributed by atoms with Crippen LogP contribution in [0.15, 0.2) is 58.8 Å². The van der Waals surface area contributed by atoms with Crippen molar-refractivity contribution < 1.29 is 13.9 Å². The van der Waals surface area contributed by atoms with Crippen LogP contribution in [0.4, 0.5) is 14.5 Å². The van der Waals surface area contributed by atoms with Gasteiger partial charge in [-0.1, -0.05) is 12.1 Å². The van der Waals surface area contributed by atoms with E-state index in [2.05, 4.69) is 10.2 Å². The van der Waals surface area contributed by atoms with Crippen molar-refractivity contribution in [1.29, 1.82) is 0 Å². The molecule has 1 atom stereocenters. The van der Waals surface area contributed by atoms with E-state index < -0.39 is 5.54 Å². The van der Waals surface area contributed by atoms with Crippen molar-refractivity contribution in [3.63, 3.8) is 0 Å². The number of azo groups is 1. The number of nitrogens with zero attached hydrogens (tertiary/aromatic N) is 2. The Morgan fingerprint density at radius 3 is 2.00 bits per heavy atom. The minimum absolute atomic E-state index is 0.199. The first-order chi connectivity index (χ1) is 10.0. The Morgan fingerprint density at radius 1 is 0.952 bits per heavy atom. The van der Waals surface area contributed by atoms with Crippen molar-refractivity contribution in [2.24, 2.45) is 10.2 Å². The summed E-state index contributed by atoms with van der Waals surface area (Å²) in [6.07, 6.45) is 0.425. The van der Waals surface area contributed by atoms with Crippen molar-refractivity contribution in [2.75, 3.05) is 6.61 Å². The van der Waals surface area contributed by atoms with E-state index >= 15 is 0 Å². The van der Waals surface area contributed by atoms with Crippen LogP contribution in [0.3, 0.4) is 0 Å². The van der Waals surface area contributed by atoms with Gasteiger partial charge in [-0.2, -0.15) is 10.2 Å². The molecular weight excluding hydrogens is 274 g/mol. The normalized spacial score (nSPS) is 14.3. The van der Waals surface area contributed by atoms with E-state index in [1.54, 1.807) is 19.1 Å². The molecule has 110 valence electrons. The van der Waals surface area contributed by atoms with Crippen LogP contribution in [-0.4, -0.2) is 17.3 Å². The summed E-state index contributed by atoms with van der Waals surface area (Å²) >= 11 is 0. The highest BCUT2D eigenvalue weighted by molar-refractivity contribution is 5.35. The topological polar surface area (TPSA) is 45.0 Å². The van der Waals surface area contributed by atoms with E-state index in [4.69, 9.17) is 0 Å². The fourth-order valence-electron chi connectivity index (χ4n) is 1.85. The molecular formula is C16H16F2N2O. The molecule has 0 spiro atoms. The Labute approximate surface area is 122 Å². The second-order valence-electron chi connectivity index (χ2n) is 5.13. The number of hydrogen-bond donors (Lipinski definition) is 1. The molecule has 0 fully saturated rings. The molecule has 0 radical (unpaired) electrons. The molecule has 0 aliphatic rings. The van der Waals surface area contributed by atoms with Gasteiger partial charge in [-0.15, -0.1) is 0 Å². The monoisotopic (exact) mass is 290 g/mol. The molecule has 0 saturated heterocycles. The maximum absolute atomic E-state index is 12.9. The standard InChI is InChI=1S/C16H16F2N2O/c1-16(11-21,10-12-2-4-13(17)5-3-12)20-19-15-8-6-14(18)7-9-15/h2-9,21H,10-11H2,1H3/t16-/m1/s1. The van der Waals surface area contributed by atoms with Gasteiger partial charge in [0.05, 0.1) is 12.3 Å². The molecule has 0 unspecified atom stereocenters. The number of aliphatic hydroxyl groups is 1. The summed E-state index contributed by atoms with van der Waals surface area (Å²) in [5.41, 5.74) is 0.549. The number of hydrogen-bond acceptors (Lipinski definition) is 3. The average molecular weight is 290 g/mol. The maximum atomic E-state index is 12.9. The van der Waals surface area contributed by atoms with Gasteiger partial charge < -0.3 is 5.11 Å². The molecule has 1 N–H and O–H groups in total. The van der Waals surface area contributed by atoms with Gasteiger partial charge in [0.15, 0.2) is 0 Å². The summed E-state index contributed by atoms with van der Waals surface area (Å²) in [5, 5.41) is 17.7. The quantitative estimate of drug-likeness (QED) is 0.830. The molecule has 0 aliphatic heterocycles. The molecule has 2 aromatic rings. The summed E-state index contributed by atoms with van der Waals surface area (Å²) in [4.78, 5) is 0. The van der Waals surface area contributed by atoms with Crippen LogP contribution in [0.5, 0.6) is 0 Å². The average Bonchev–Trinajstić information content (AvgIpc) is 2.49. The van der Waals surface area contributed by atoms with Crippen LogP contribution >= 0.6 is 0 Å². The molecule has 0 aliphatic carbocycles. The molecule has 2 rings (SSSR count). The lowest BCUT2D eigenvalue weighted by molar-refractivity contribution is 0.204. The highest BCUT2D eigenvalue weighted by atomic mass is 19.1. The highest BCUT2D eigenvalue weighted by Crippen LogP contribution is 2.21. The Morgan fingerprint density at radius 2 is 1.48 bits per heavy atom. The summed E-state index contributed by atoms with van der Waals surface area (Å²) in [6.45, 7) is 1.55. The zero-order valence-corrected chi connectivity index (χ0v) is 11.6. The Bertz CT molecular complexity index is 611. The highest BCUT2D eigenvalue weighted by Gasteiger charge is 2.23. The van der Waals surface area contributed by atoms with Crippen LogP contribution in [-0.2, 0) is 6.42 Å². The molecule has 21 heavy (non-hydrogen) atoms. The Kier molecular flexibility index (Phi) is 4.75. The third-order valence-corrected chi connectivity index (χ3v) is 3.07. The second kappa shape index (κ2) is 6.54. The van der Waals surface area contributed by atoms with Crippen LogP contribution < -0.4 is 0 Å². The molecule has 0 amide bonds. The summed E-state index contributed by atoms with van der Waals surface area (Å²) in [6, 6.07) is 11.6. The third-order valence-electron chi connectivity index (χ3n) is 3.07. The first-order valence-corrected chi connectivity index (χ1v) is 6.54. The van der Waals surface area contributed by atoms with E-state index in [9.17, 15) is 13.9 Å². The number of benzene rings is 2. The van der Waals surface area contributed by atoms with Gasteiger partial charge >= 0.3 is 0 Å². The van der Waals surface area contributed by atoms with Gasteiger partial charge in [0.25, 0.3) is 0 Å². The van der Waals surface area contributed by atoms with Crippen LogP contribution in [0.25, 0.3) is 0 Å². The van der Waals surface area contributed by atoms with E-state index in [1.807, 2.05) is 0 Å². The van der Waals surface area contributed by atoms with E-state index in [0.29, 0.717) is 12.1 Å². The maximum Gasteiger partial charge on any atom is 0.123 e. The van der Waals surface area contributed by atoms with Crippen molar-refractivity contribution >= 4 is 5.69 Å². The third kappa shape index (κ3) is 4.43. The minimum Gasteiger partial charge on any atom is -0.394 e. The van der Waals surface area contributed by atoms with Gasteiger partial charge in [-0.25, -0.2) is 8.78 Å². The lowest BCUT2D eigenvalue weighted by atomic mass is 9.95. The Balaban J connectivity index is 2.12. The van der Waals surface area contributed by atoms with Crippen molar-refractivity contribution in [2.45, 2.75) is 18.9 Å². The number of rotatable bonds is 5. The summed E-state index contributed by atoms with van der Waals surface area (Å²) in [7, 11) is 0. The minimum atomic E-state index is -0.813. The molecule has 0 heterocycles. The first kappa shape index (κ1) is 15.3. The van der Waals surface area contributed by atoms with Gasteiger partial charge in [0, 0.05) is 6.42 Å². The smallest absolute Gasteiger partial charge is 0.123 e. The lowest BCUT2D eigenvalue weighted by Gasteiger charge is -2.21.